The van der Waals surface area contributed by atoms with Crippen molar-refractivity contribution in [1.82, 2.24) is 0 Å². The Morgan fingerprint density at radius 2 is 1.62 bits per heavy atom. The van der Waals surface area contributed by atoms with Gasteiger partial charge in [0, 0.05) is 11.1 Å². The molecular weight excluding hydrogens is 432 g/mol. The first-order valence-electron chi connectivity index (χ1n) is 11.0. The number of hydrogen-bond acceptors (Lipinski definition) is 7. The van der Waals surface area contributed by atoms with Gasteiger partial charge in [0.2, 0.25) is 5.88 Å². The summed E-state index contributed by atoms with van der Waals surface area (Å²) < 4.78 is 28.4. The molecule has 7 heteroatoms. The van der Waals surface area contributed by atoms with Crippen LogP contribution in [0.3, 0.4) is 0 Å². The summed E-state index contributed by atoms with van der Waals surface area (Å²) in [6, 6.07) is 13.7. The Morgan fingerprint density at radius 1 is 0.941 bits per heavy atom. The lowest BCUT2D eigenvalue weighted by atomic mass is 9.76. The van der Waals surface area contributed by atoms with Crippen LogP contribution in [0.2, 0.25) is 0 Å². The third-order valence-electron chi connectivity index (χ3n) is 6.22. The lowest BCUT2D eigenvalue weighted by Crippen LogP contribution is -2.24. The van der Waals surface area contributed by atoms with Crippen molar-refractivity contribution < 1.29 is 23.7 Å². The maximum absolute atomic E-state index is 9.99. The highest BCUT2D eigenvalue weighted by Crippen LogP contribution is 2.50. The monoisotopic (exact) mass is 460 g/mol. The van der Waals surface area contributed by atoms with Crippen molar-refractivity contribution in [3.8, 4) is 29.1 Å². The molecule has 1 aliphatic heterocycles. The first kappa shape index (κ1) is 23.1. The van der Waals surface area contributed by atoms with Gasteiger partial charge in [-0.25, -0.2) is 0 Å². The number of nitriles is 1. The third-order valence-corrected chi connectivity index (χ3v) is 6.22. The topological polar surface area (TPSA) is 96.0 Å². The number of hydrogen-bond donors (Lipinski definition) is 1. The molecular formula is C27H28N2O5. The van der Waals surface area contributed by atoms with E-state index in [0.717, 1.165) is 41.5 Å². The van der Waals surface area contributed by atoms with Gasteiger partial charge in [0.25, 0.3) is 0 Å². The van der Waals surface area contributed by atoms with E-state index >= 15 is 0 Å². The van der Waals surface area contributed by atoms with Crippen molar-refractivity contribution in [3.63, 3.8) is 0 Å². The van der Waals surface area contributed by atoms with E-state index in [0.29, 0.717) is 34.3 Å². The van der Waals surface area contributed by atoms with E-state index < -0.39 is 5.92 Å². The van der Waals surface area contributed by atoms with Crippen molar-refractivity contribution in [1.29, 1.82) is 5.26 Å². The van der Waals surface area contributed by atoms with E-state index in [1.807, 2.05) is 42.5 Å². The Labute approximate surface area is 199 Å². The lowest BCUT2D eigenvalue weighted by Gasteiger charge is -2.34. The van der Waals surface area contributed by atoms with Crippen LogP contribution >= 0.6 is 0 Å². The van der Waals surface area contributed by atoms with Gasteiger partial charge in [-0.1, -0.05) is 24.3 Å². The molecule has 2 aliphatic rings. The van der Waals surface area contributed by atoms with Crippen LogP contribution in [0, 0.1) is 11.3 Å². The van der Waals surface area contributed by atoms with E-state index in [-0.39, 0.29) is 5.88 Å². The van der Waals surface area contributed by atoms with Gasteiger partial charge in [-0.2, -0.15) is 5.26 Å². The molecule has 176 valence electrons. The zero-order valence-electron chi connectivity index (χ0n) is 19.8. The summed E-state index contributed by atoms with van der Waals surface area (Å²) in [7, 11) is 6.42. The molecule has 0 aromatic heterocycles. The van der Waals surface area contributed by atoms with Gasteiger partial charge in [0.05, 0.1) is 34.4 Å². The van der Waals surface area contributed by atoms with E-state index in [9.17, 15) is 5.26 Å². The highest BCUT2D eigenvalue weighted by molar-refractivity contribution is 5.69. The number of nitrogens with two attached hydrogens (primary N) is 1. The number of para-hydroxylation sites is 2. The molecule has 2 N–H and O–H groups in total. The number of ether oxygens (including phenoxy) is 5. The molecule has 1 heterocycles. The molecule has 1 aliphatic carbocycles. The van der Waals surface area contributed by atoms with Crippen LogP contribution in [0.4, 0.5) is 0 Å². The first-order chi connectivity index (χ1) is 16.6. The fraction of sp³-hybridized carbons (Fsp3) is 0.296. The zero-order valence-corrected chi connectivity index (χ0v) is 19.8. The summed E-state index contributed by atoms with van der Waals surface area (Å²) in [5.74, 6) is 2.87. The first-order valence-corrected chi connectivity index (χ1v) is 11.0. The van der Waals surface area contributed by atoms with Gasteiger partial charge in [0.15, 0.2) is 23.0 Å². The van der Waals surface area contributed by atoms with Crippen LogP contribution in [-0.4, -0.2) is 28.4 Å². The van der Waals surface area contributed by atoms with Crippen LogP contribution < -0.4 is 24.7 Å². The van der Waals surface area contributed by atoms with Crippen LogP contribution in [0.15, 0.2) is 64.8 Å². The Hall–Kier alpha value is -4.05. The van der Waals surface area contributed by atoms with Crippen molar-refractivity contribution in [2.75, 3.05) is 28.4 Å². The van der Waals surface area contributed by atoms with E-state index in [1.165, 1.54) is 0 Å². The number of methoxy groups -OCH3 is 4. The van der Waals surface area contributed by atoms with Crippen LogP contribution in [0.25, 0.3) is 6.08 Å². The Bertz CT molecular complexity index is 1240. The summed E-state index contributed by atoms with van der Waals surface area (Å²) in [5, 5.41) is 9.99. The summed E-state index contributed by atoms with van der Waals surface area (Å²) in [5.41, 5.74) is 10.3. The van der Waals surface area contributed by atoms with Crippen molar-refractivity contribution >= 4 is 6.08 Å². The van der Waals surface area contributed by atoms with Gasteiger partial charge in [-0.3, -0.25) is 0 Å². The van der Waals surface area contributed by atoms with E-state index in [2.05, 4.69) is 6.07 Å². The molecule has 0 unspecified atom stereocenters. The molecule has 2 aromatic rings. The van der Waals surface area contributed by atoms with Crippen molar-refractivity contribution in [2.24, 2.45) is 5.73 Å². The normalized spacial score (nSPS) is 18.7. The number of rotatable bonds is 6. The molecule has 2 aromatic carbocycles. The standard InChI is InChI=1S/C27H28N2O5/c1-30-21-12-6-9-17(25(21)32-3)14-16-8-5-10-18-23(20(15-28)27(29)34-24(16)18)19-11-7-13-22(31-2)26(19)33-4/h6-7,9,11-14,23H,5,8,10,29H2,1-4H3/b16-14+/t23-/m0/s1. The number of benzene rings is 2. The van der Waals surface area contributed by atoms with Crippen LogP contribution in [0.5, 0.6) is 23.0 Å². The van der Waals surface area contributed by atoms with Crippen molar-refractivity contribution in [3.05, 3.63) is 75.9 Å². The average Bonchev–Trinajstić information content (AvgIpc) is 2.87. The second-order valence-electron chi connectivity index (χ2n) is 7.97. The van der Waals surface area contributed by atoms with E-state index in [1.54, 1.807) is 28.4 Å². The van der Waals surface area contributed by atoms with Crippen LogP contribution in [-0.2, 0) is 4.74 Å². The molecule has 34 heavy (non-hydrogen) atoms. The SMILES string of the molecule is COc1cccc(/C=C2\CCCC3=C2OC(N)=C(C#N)[C@@H]3c2cccc(OC)c2OC)c1OC. The molecule has 1 atom stereocenters. The largest absolute Gasteiger partial charge is 0.493 e. The Morgan fingerprint density at radius 3 is 2.26 bits per heavy atom. The molecule has 0 radical (unpaired) electrons. The molecule has 0 bridgehead atoms. The molecule has 0 fully saturated rings. The summed E-state index contributed by atoms with van der Waals surface area (Å²) in [6.07, 6.45) is 4.52. The predicted molar refractivity (Wildman–Crippen MR) is 129 cm³/mol. The Kier molecular flexibility index (Phi) is 6.69. The maximum atomic E-state index is 9.99. The van der Waals surface area contributed by atoms with Gasteiger partial charge in [0.1, 0.15) is 17.4 Å². The molecule has 0 saturated carbocycles. The predicted octanol–water partition coefficient (Wildman–Crippen LogP) is 5.05. The highest BCUT2D eigenvalue weighted by atomic mass is 16.5. The minimum atomic E-state index is -0.394. The van der Waals surface area contributed by atoms with Gasteiger partial charge >= 0.3 is 0 Å². The number of allylic oxidation sites excluding steroid dienone is 3. The second kappa shape index (κ2) is 9.84. The van der Waals surface area contributed by atoms with Gasteiger partial charge in [-0.15, -0.1) is 0 Å². The minimum Gasteiger partial charge on any atom is -0.493 e. The highest BCUT2D eigenvalue weighted by Gasteiger charge is 2.37. The summed E-state index contributed by atoms with van der Waals surface area (Å²) in [4.78, 5) is 0. The zero-order chi connectivity index (χ0) is 24.2. The van der Waals surface area contributed by atoms with Gasteiger partial charge < -0.3 is 29.4 Å². The summed E-state index contributed by atoms with van der Waals surface area (Å²) >= 11 is 0. The average molecular weight is 461 g/mol. The minimum absolute atomic E-state index is 0.0986. The Balaban J connectivity index is 1.90. The van der Waals surface area contributed by atoms with Gasteiger partial charge in [-0.05, 0) is 48.6 Å². The fourth-order valence-electron chi connectivity index (χ4n) is 4.74. The van der Waals surface area contributed by atoms with Crippen molar-refractivity contribution in [2.45, 2.75) is 25.2 Å². The third kappa shape index (κ3) is 3.92. The van der Waals surface area contributed by atoms with E-state index in [4.69, 9.17) is 29.4 Å². The smallest absolute Gasteiger partial charge is 0.205 e. The quantitative estimate of drug-likeness (QED) is 0.644. The molecule has 7 nitrogen and oxygen atoms in total. The molecule has 0 amide bonds. The second-order valence-corrected chi connectivity index (χ2v) is 7.97. The van der Waals surface area contributed by atoms with Crippen LogP contribution in [0.1, 0.15) is 36.3 Å². The number of nitrogens with zero attached hydrogens (tertiary/aromatic N) is 1. The molecule has 0 spiro atoms. The summed E-state index contributed by atoms with van der Waals surface area (Å²) in [6.45, 7) is 0. The maximum Gasteiger partial charge on any atom is 0.205 e. The molecule has 0 saturated heterocycles. The fourth-order valence-corrected chi connectivity index (χ4v) is 4.74. The lowest BCUT2D eigenvalue weighted by molar-refractivity contribution is 0.276. The molecule has 4 rings (SSSR count).